The molecule has 2 aromatic heterocycles. The van der Waals surface area contributed by atoms with E-state index in [0.717, 1.165) is 24.1 Å². The Morgan fingerprint density at radius 1 is 1.32 bits per heavy atom. The molecule has 0 bridgehead atoms. The van der Waals surface area contributed by atoms with E-state index in [1.807, 2.05) is 50.0 Å². The van der Waals surface area contributed by atoms with Gasteiger partial charge < -0.3 is 19.6 Å². The number of hydrogen-bond acceptors (Lipinski definition) is 6. The van der Waals surface area contributed by atoms with Crippen LogP contribution in [0.25, 0.3) is 11.3 Å². The summed E-state index contributed by atoms with van der Waals surface area (Å²) in [6.07, 6.45) is 4.87. The molecule has 1 aliphatic carbocycles. The standard InChI is InChI=1S/C20H27N5O3/c1-12(2)28-20(27)23-10-13(3)25(14(4)26)18-8-7-17(22-19(18)23)15-9-21-24(11-15)16-5-6-16/h7-9,11-13,16,20,27H,5-6,10H2,1-4H3/t13-,20?/m0/s1. The highest BCUT2D eigenvalue weighted by Crippen LogP contribution is 2.38. The van der Waals surface area contributed by atoms with Gasteiger partial charge in [0.1, 0.15) is 0 Å². The average molecular weight is 385 g/mol. The Balaban J connectivity index is 1.74. The first-order chi connectivity index (χ1) is 13.3. The van der Waals surface area contributed by atoms with Gasteiger partial charge in [0.2, 0.25) is 12.3 Å². The van der Waals surface area contributed by atoms with E-state index in [1.165, 1.54) is 0 Å². The van der Waals surface area contributed by atoms with Crippen LogP contribution in [0.15, 0.2) is 24.5 Å². The Labute approximate surface area is 164 Å². The number of nitrogens with zero attached hydrogens (tertiary/aromatic N) is 5. The van der Waals surface area contributed by atoms with Gasteiger partial charge in [0.05, 0.1) is 35.8 Å². The number of anilines is 2. The highest BCUT2D eigenvalue weighted by Gasteiger charge is 2.35. The second-order valence-electron chi connectivity index (χ2n) is 7.88. The van der Waals surface area contributed by atoms with E-state index in [4.69, 9.17) is 9.72 Å². The molecule has 1 unspecified atom stereocenters. The van der Waals surface area contributed by atoms with Crippen LogP contribution in [0.4, 0.5) is 11.5 Å². The summed E-state index contributed by atoms with van der Waals surface area (Å²) in [4.78, 5) is 20.5. The Morgan fingerprint density at radius 2 is 2.07 bits per heavy atom. The molecule has 0 saturated heterocycles. The van der Waals surface area contributed by atoms with Gasteiger partial charge in [0, 0.05) is 25.2 Å². The molecular formula is C20H27N5O3. The number of aromatic nitrogens is 3. The second-order valence-corrected chi connectivity index (χ2v) is 7.88. The van der Waals surface area contributed by atoms with Crippen LogP contribution in [0.5, 0.6) is 0 Å². The number of hydrogen-bond donors (Lipinski definition) is 1. The van der Waals surface area contributed by atoms with Crippen LogP contribution < -0.4 is 9.80 Å². The van der Waals surface area contributed by atoms with Crippen LogP contribution in [0, 0.1) is 0 Å². The lowest BCUT2D eigenvalue weighted by atomic mass is 10.1. The summed E-state index contributed by atoms with van der Waals surface area (Å²) in [6.45, 7) is 7.67. The van der Waals surface area contributed by atoms with Crippen LogP contribution in [-0.2, 0) is 9.53 Å². The maximum absolute atomic E-state index is 12.2. The second kappa shape index (κ2) is 7.18. The third-order valence-corrected chi connectivity index (χ3v) is 5.11. The fourth-order valence-corrected chi connectivity index (χ4v) is 3.69. The normalized spacial score (nSPS) is 20.4. The quantitative estimate of drug-likeness (QED) is 0.797. The lowest BCUT2D eigenvalue weighted by Gasteiger charge is -2.42. The Morgan fingerprint density at radius 3 is 2.71 bits per heavy atom. The monoisotopic (exact) mass is 385 g/mol. The molecule has 2 aromatic rings. The van der Waals surface area contributed by atoms with E-state index in [-0.39, 0.29) is 18.1 Å². The maximum atomic E-state index is 12.2. The Hall–Kier alpha value is -2.45. The molecule has 2 aliphatic rings. The summed E-state index contributed by atoms with van der Waals surface area (Å²) in [5.74, 6) is 0.488. The molecule has 3 heterocycles. The molecule has 1 aliphatic heterocycles. The average Bonchev–Trinajstić information content (AvgIpc) is 3.36. The molecule has 0 spiro atoms. The molecule has 150 valence electrons. The van der Waals surface area contributed by atoms with E-state index in [0.29, 0.717) is 24.1 Å². The minimum atomic E-state index is -1.13. The summed E-state index contributed by atoms with van der Waals surface area (Å²) < 4.78 is 7.58. The molecule has 1 N–H and O–H groups in total. The zero-order valence-electron chi connectivity index (χ0n) is 16.7. The summed E-state index contributed by atoms with van der Waals surface area (Å²) in [5.41, 5.74) is 2.35. The van der Waals surface area contributed by atoms with E-state index in [9.17, 15) is 9.90 Å². The zero-order chi connectivity index (χ0) is 20.0. The molecule has 1 saturated carbocycles. The largest absolute Gasteiger partial charge is 0.351 e. The smallest absolute Gasteiger partial charge is 0.239 e. The maximum Gasteiger partial charge on any atom is 0.239 e. The van der Waals surface area contributed by atoms with Crippen molar-refractivity contribution < 1.29 is 14.6 Å². The van der Waals surface area contributed by atoms with Crippen molar-refractivity contribution in [1.29, 1.82) is 0 Å². The number of pyridine rings is 1. The van der Waals surface area contributed by atoms with Crippen LogP contribution in [0.2, 0.25) is 0 Å². The van der Waals surface area contributed by atoms with E-state index in [1.54, 1.807) is 16.7 Å². The number of carbonyl (C=O) groups is 1. The molecule has 2 atom stereocenters. The van der Waals surface area contributed by atoms with Gasteiger partial charge in [0.15, 0.2) is 5.82 Å². The van der Waals surface area contributed by atoms with Gasteiger partial charge in [-0.25, -0.2) is 4.98 Å². The number of amides is 1. The lowest BCUT2D eigenvalue weighted by Crippen LogP contribution is -2.54. The summed E-state index contributed by atoms with van der Waals surface area (Å²) in [6, 6.07) is 4.17. The number of ether oxygens (including phenoxy) is 1. The number of carbonyl (C=O) groups excluding carboxylic acids is 1. The molecule has 8 heteroatoms. The SMILES string of the molecule is CC(=O)N1c2ccc(-c3cnn(C4CC4)c3)nc2N(C(O)OC(C)C)C[C@@H]1C. The fraction of sp³-hybridized carbons (Fsp3) is 0.550. The first kappa shape index (κ1) is 18.9. The predicted molar refractivity (Wildman–Crippen MR) is 106 cm³/mol. The van der Waals surface area contributed by atoms with Crippen LogP contribution in [0.3, 0.4) is 0 Å². The fourth-order valence-electron chi connectivity index (χ4n) is 3.69. The van der Waals surface area contributed by atoms with Crippen molar-refractivity contribution in [1.82, 2.24) is 14.8 Å². The summed E-state index contributed by atoms with van der Waals surface area (Å²) >= 11 is 0. The van der Waals surface area contributed by atoms with Crippen molar-refractivity contribution in [2.45, 2.75) is 65.1 Å². The van der Waals surface area contributed by atoms with Gasteiger partial charge in [-0.15, -0.1) is 0 Å². The minimum Gasteiger partial charge on any atom is -0.351 e. The van der Waals surface area contributed by atoms with Gasteiger partial charge >= 0.3 is 0 Å². The third kappa shape index (κ3) is 3.49. The third-order valence-electron chi connectivity index (χ3n) is 5.11. The highest BCUT2D eigenvalue weighted by atomic mass is 16.6. The van der Waals surface area contributed by atoms with Gasteiger partial charge in [-0.2, -0.15) is 5.10 Å². The number of rotatable bonds is 5. The lowest BCUT2D eigenvalue weighted by molar-refractivity contribution is -0.127. The molecule has 1 amide bonds. The van der Waals surface area contributed by atoms with Gasteiger partial charge in [-0.05, 0) is 45.7 Å². The van der Waals surface area contributed by atoms with Crippen LogP contribution >= 0.6 is 0 Å². The first-order valence-electron chi connectivity index (χ1n) is 9.80. The molecule has 4 rings (SSSR count). The van der Waals surface area contributed by atoms with E-state index in [2.05, 4.69) is 5.10 Å². The minimum absolute atomic E-state index is 0.0521. The van der Waals surface area contributed by atoms with E-state index >= 15 is 0 Å². The molecule has 1 fully saturated rings. The molecule has 28 heavy (non-hydrogen) atoms. The molecular weight excluding hydrogens is 358 g/mol. The van der Waals surface area contributed by atoms with Crippen molar-refractivity contribution >= 4 is 17.4 Å². The Kier molecular flexibility index (Phi) is 4.84. The van der Waals surface area contributed by atoms with Crippen LogP contribution in [0.1, 0.15) is 46.6 Å². The number of aliphatic hydroxyl groups is 1. The van der Waals surface area contributed by atoms with E-state index < -0.39 is 6.41 Å². The van der Waals surface area contributed by atoms with Gasteiger partial charge in [0.25, 0.3) is 0 Å². The number of fused-ring (bicyclic) bond motifs is 1. The van der Waals surface area contributed by atoms with Crippen molar-refractivity contribution in [3.05, 3.63) is 24.5 Å². The predicted octanol–water partition coefficient (Wildman–Crippen LogP) is 2.54. The van der Waals surface area contributed by atoms with Crippen molar-refractivity contribution in [2.75, 3.05) is 16.3 Å². The molecule has 0 aromatic carbocycles. The van der Waals surface area contributed by atoms with Crippen molar-refractivity contribution in [3.8, 4) is 11.3 Å². The summed E-state index contributed by atoms with van der Waals surface area (Å²) in [7, 11) is 0. The molecule has 8 nitrogen and oxygen atoms in total. The van der Waals surface area contributed by atoms with Crippen molar-refractivity contribution in [3.63, 3.8) is 0 Å². The van der Waals surface area contributed by atoms with Crippen molar-refractivity contribution in [2.24, 2.45) is 0 Å². The van der Waals surface area contributed by atoms with Crippen LogP contribution in [-0.4, -0.2) is 50.9 Å². The first-order valence-corrected chi connectivity index (χ1v) is 9.80. The zero-order valence-corrected chi connectivity index (χ0v) is 16.7. The number of aliphatic hydroxyl groups excluding tert-OH is 1. The van der Waals surface area contributed by atoms with Gasteiger partial charge in [-0.1, -0.05) is 0 Å². The summed E-state index contributed by atoms with van der Waals surface area (Å²) in [5, 5.41) is 15.1. The topological polar surface area (TPSA) is 83.7 Å². The molecule has 0 radical (unpaired) electrons. The van der Waals surface area contributed by atoms with Gasteiger partial charge in [-0.3, -0.25) is 9.48 Å². The Bertz CT molecular complexity index is 876. The highest BCUT2D eigenvalue weighted by molar-refractivity contribution is 5.96.